The molecule has 0 bridgehead atoms. The SMILES string of the molecule is O[C@@H]1C[C@H]2CN(c3nccc(C(F)(F)F)n3)C[C@H]2C[C@H]1Oc1ccc(F)cc1. The van der Waals surface area contributed by atoms with E-state index >= 15 is 0 Å². The molecule has 2 aliphatic rings. The number of alkyl halides is 3. The first kappa shape index (κ1) is 18.9. The maximum atomic E-state index is 13.0. The number of hydrogen-bond donors (Lipinski definition) is 1. The molecule has 5 nitrogen and oxygen atoms in total. The summed E-state index contributed by atoms with van der Waals surface area (Å²) >= 11 is 0. The molecular formula is C19H19F4N3O2. The molecule has 1 aliphatic carbocycles. The predicted octanol–water partition coefficient (Wildman–Crippen LogP) is 3.29. The molecule has 1 saturated carbocycles. The van der Waals surface area contributed by atoms with E-state index in [0.717, 1.165) is 12.3 Å². The zero-order valence-corrected chi connectivity index (χ0v) is 14.8. The minimum atomic E-state index is -4.52. The fourth-order valence-electron chi connectivity index (χ4n) is 4.03. The second-order valence-corrected chi connectivity index (χ2v) is 7.31. The summed E-state index contributed by atoms with van der Waals surface area (Å²) in [6.45, 7) is 0.994. The van der Waals surface area contributed by atoms with Gasteiger partial charge in [-0.05, 0) is 55.0 Å². The van der Waals surface area contributed by atoms with Gasteiger partial charge in [0, 0.05) is 19.3 Å². The van der Waals surface area contributed by atoms with Gasteiger partial charge in [-0.15, -0.1) is 0 Å². The molecule has 0 unspecified atom stereocenters. The van der Waals surface area contributed by atoms with Gasteiger partial charge in [-0.3, -0.25) is 0 Å². The Morgan fingerprint density at radius 3 is 2.39 bits per heavy atom. The molecule has 1 aromatic heterocycles. The van der Waals surface area contributed by atoms with Crippen LogP contribution in [0, 0.1) is 17.7 Å². The number of aliphatic hydroxyl groups excluding tert-OH is 1. The topological polar surface area (TPSA) is 58.5 Å². The van der Waals surface area contributed by atoms with Crippen molar-refractivity contribution in [3.05, 3.63) is 48.0 Å². The van der Waals surface area contributed by atoms with Gasteiger partial charge in [-0.1, -0.05) is 0 Å². The van der Waals surface area contributed by atoms with Crippen LogP contribution < -0.4 is 9.64 Å². The molecule has 0 radical (unpaired) electrons. The molecule has 4 rings (SSSR count). The molecule has 28 heavy (non-hydrogen) atoms. The molecule has 0 amide bonds. The molecule has 2 fully saturated rings. The highest BCUT2D eigenvalue weighted by Gasteiger charge is 2.43. The number of ether oxygens (including phenoxy) is 1. The van der Waals surface area contributed by atoms with Crippen LogP contribution in [0.25, 0.3) is 0 Å². The summed E-state index contributed by atoms with van der Waals surface area (Å²) in [5, 5.41) is 10.4. The van der Waals surface area contributed by atoms with Gasteiger partial charge in [0.05, 0.1) is 6.10 Å². The van der Waals surface area contributed by atoms with Crippen molar-refractivity contribution in [2.75, 3.05) is 18.0 Å². The van der Waals surface area contributed by atoms with Crippen molar-refractivity contribution in [1.29, 1.82) is 0 Å². The van der Waals surface area contributed by atoms with E-state index in [2.05, 4.69) is 9.97 Å². The number of anilines is 1. The van der Waals surface area contributed by atoms with Crippen molar-refractivity contribution >= 4 is 5.95 Å². The molecule has 0 spiro atoms. The smallest absolute Gasteiger partial charge is 0.433 e. The quantitative estimate of drug-likeness (QED) is 0.806. The molecule has 1 aliphatic heterocycles. The average Bonchev–Trinajstić information content (AvgIpc) is 3.06. The number of hydrogen-bond acceptors (Lipinski definition) is 5. The summed E-state index contributed by atoms with van der Waals surface area (Å²) in [6, 6.07) is 6.44. The van der Waals surface area contributed by atoms with Gasteiger partial charge in [0.25, 0.3) is 0 Å². The first-order valence-corrected chi connectivity index (χ1v) is 9.05. The number of benzene rings is 1. The first-order valence-electron chi connectivity index (χ1n) is 9.05. The lowest BCUT2D eigenvalue weighted by Gasteiger charge is -2.35. The van der Waals surface area contributed by atoms with Crippen molar-refractivity contribution in [3.63, 3.8) is 0 Å². The van der Waals surface area contributed by atoms with Crippen LogP contribution in [0.5, 0.6) is 5.75 Å². The summed E-state index contributed by atoms with van der Waals surface area (Å²) in [5.74, 6) is 0.423. The van der Waals surface area contributed by atoms with E-state index in [1.807, 2.05) is 0 Å². The van der Waals surface area contributed by atoms with Crippen molar-refractivity contribution in [2.45, 2.75) is 31.2 Å². The molecule has 2 aromatic rings. The largest absolute Gasteiger partial charge is 0.488 e. The summed E-state index contributed by atoms with van der Waals surface area (Å²) in [6.07, 6.45) is -3.52. The van der Waals surface area contributed by atoms with E-state index < -0.39 is 24.1 Å². The second-order valence-electron chi connectivity index (χ2n) is 7.31. The number of halogens is 4. The van der Waals surface area contributed by atoms with Crippen LogP contribution in [0.1, 0.15) is 18.5 Å². The van der Waals surface area contributed by atoms with E-state index in [-0.39, 0.29) is 23.6 Å². The zero-order chi connectivity index (χ0) is 19.9. The lowest BCUT2D eigenvalue weighted by Crippen LogP contribution is -2.42. The van der Waals surface area contributed by atoms with Crippen molar-refractivity contribution in [2.24, 2.45) is 11.8 Å². The lowest BCUT2D eigenvalue weighted by molar-refractivity contribution is -0.141. The van der Waals surface area contributed by atoms with Crippen molar-refractivity contribution in [1.82, 2.24) is 9.97 Å². The third-order valence-electron chi connectivity index (χ3n) is 5.40. The molecule has 150 valence electrons. The third kappa shape index (κ3) is 3.89. The van der Waals surface area contributed by atoms with Crippen molar-refractivity contribution < 1.29 is 27.4 Å². The minimum absolute atomic E-state index is 0.0507. The Labute approximate surface area is 159 Å². The number of nitrogens with zero attached hydrogens (tertiary/aromatic N) is 3. The van der Waals surface area contributed by atoms with Gasteiger partial charge in [0.15, 0.2) is 0 Å². The first-order chi connectivity index (χ1) is 13.3. The Morgan fingerprint density at radius 2 is 1.71 bits per heavy atom. The van der Waals surface area contributed by atoms with Gasteiger partial charge in [-0.2, -0.15) is 13.2 Å². The van der Waals surface area contributed by atoms with Gasteiger partial charge in [-0.25, -0.2) is 14.4 Å². The van der Waals surface area contributed by atoms with Crippen LogP contribution in [0.15, 0.2) is 36.5 Å². The van der Waals surface area contributed by atoms with Gasteiger partial charge < -0.3 is 14.7 Å². The summed E-state index contributed by atoms with van der Waals surface area (Å²) in [7, 11) is 0. The second kappa shape index (κ2) is 7.20. The van der Waals surface area contributed by atoms with Crippen LogP contribution in [0.4, 0.5) is 23.5 Å². The summed E-state index contributed by atoms with van der Waals surface area (Å²) in [4.78, 5) is 9.38. The Bertz CT molecular complexity index is 831. The van der Waals surface area contributed by atoms with Gasteiger partial charge >= 0.3 is 6.18 Å². The van der Waals surface area contributed by atoms with E-state index in [1.54, 1.807) is 4.90 Å². The fourth-order valence-corrected chi connectivity index (χ4v) is 4.03. The number of aromatic nitrogens is 2. The summed E-state index contributed by atoms with van der Waals surface area (Å²) < 4.78 is 57.6. The molecule has 9 heteroatoms. The van der Waals surface area contributed by atoms with Gasteiger partial charge in [0.1, 0.15) is 23.4 Å². The highest BCUT2D eigenvalue weighted by atomic mass is 19.4. The fraction of sp³-hybridized carbons (Fsp3) is 0.474. The normalized spacial score (nSPS) is 27.5. The Balaban J connectivity index is 1.45. The lowest BCUT2D eigenvalue weighted by atomic mass is 9.78. The molecule has 2 heterocycles. The Hall–Kier alpha value is -2.42. The van der Waals surface area contributed by atoms with Crippen LogP contribution in [0.2, 0.25) is 0 Å². The summed E-state index contributed by atoms with van der Waals surface area (Å²) in [5.41, 5.74) is -0.968. The van der Waals surface area contributed by atoms with Crippen LogP contribution in [-0.2, 0) is 6.18 Å². The Kier molecular flexibility index (Phi) is 4.86. The maximum absolute atomic E-state index is 13.0. The molecule has 1 N–H and O–H groups in total. The molecule has 1 aromatic carbocycles. The number of fused-ring (bicyclic) bond motifs is 1. The monoisotopic (exact) mass is 397 g/mol. The minimum Gasteiger partial charge on any atom is -0.488 e. The predicted molar refractivity (Wildman–Crippen MR) is 92.3 cm³/mol. The molecule has 4 atom stereocenters. The zero-order valence-electron chi connectivity index (χ0n) is 14.8. The van der Waals surface area contributed by atoms with E-state index in [9.17, 15) is 22.7 Å². The van der Waals surface area contributed by atoms with Crippen molar-refractivity contribution in [3.8, 4) is 5.75 Å². The highest BCUT2D eigenvalue weighted by molar-refractivity contribution is 5.34. The van der Waals surface area contributed by atoms with Crippen LogP contribution >= 0.6 is 0 Å². The number of aliphatic hydroxyl groups is 1. The third-order valence-corrected chi connectivity index (χ3v) is 5.40. The standard InChI is InChI=1S/C19H19F4N3O2/c20-13-1-3-14(4-2-13)28-16-8-12-10-26(9-11(12)7-15(16)27)18-24-6-5-17(25-18)19(21,22)23/h1-6,11-12,15-16,27H,7-10H2/t11-,12+,15+,16+/m0/s1. The van der Waals surface area contributed by atoms with Crippen LogP contribution in [-0.4, -0.2) is 40.4 Å². The van der Waals surface area contributed by atoms with E-state index in [1.165, 1.54) is 24.3 Å². The maximum Gasteiger partial charge on any atom is 0.433 e. The average molecular weight is 397 g/mol. The van der Waals surface area contributed by atoms with Gasteiger partial charge in [0.2, 0.25) is 5.95 Å². The van der Waals surface area contributed by atoms with E-state index in [0.29, 0.717) is 31.7 Å². The van der Waals surface area contributed by atoms with E-state index in [4.69, 9.17) is 4.74 Å². The highest BCUT2D eigenvalue weighted by Crippen LogP contribution is 2.39. The Morgan fingerprint density at radius 1 is 1.04 bits per heavy atom. The molecular weight excluding hydrogens is 378 g/mol. The van der Waals surface area contributed by atoms with Crippen LogP contribution in [0.3, 0.4) is 0 Å². The number of rotatable bonds is 3. The molecule has 1 saturated heterocycles.